The van der Waals surface area contributed by atoms with Crippen LogP contribution in [-0.4, -0.2) is 11.0 Å². The molecule has 1 aromatic carbocycles. The Labute approximate surface area is 106 Å². The zero-order valence-electron chi connectivity index (χ0n) is 10.9. The molecule has 0 saturated heterocycles. The van der Waals surface area contributed by atoms with Crippen molar-refractivity contribution in [1.82, 2.24) is 0 Å². The van der Waals surface area contributed by atoms with E-state index in [9.17, 15) is 14.5 Å². The minimum atomic E-state index is -0.805. The normalized spacial score (nSPS) is 12.5. The molecule has 0 spiro atoms. The van der Waals surface area contributed by atoms with E-state index in [2.05, 4.69) is 19.2 Å². The number of halogens is 1. The van der Waals surface area contributed by atoms with Gasteiger partial charge in [-0.2, -0.15) is 4.39 Å². The summed E-state index contributed by atoms with van der Waals surface area (Å²) in [6, 6.07) is 4.18. The van der Waals surface area contributed by atoms with E-state index < -0.39 is 16.4 Å². The van der Waals surface area contributed by atoms with Crippen LogP contribution in [0.3, 0.4) is 0 Å². The van der Waals surface area contributed by atoms with Gasteiger partial charge in [-0.3, -0.25) is 10.1 Å². The minimum absolute atomic E-state index is 0.0768. The molecule has 0 saturated carbocycles. The second-order valence-electron chi connectivity index (χ2n) is 4.91. The van der Waals surface area contributed by atoms with Crippen molar-refractivity contribution in [3.63, 3.8) is 0 Å². The summed E-state index contributed by atoms with van der Waals surface area (Å²) in [7, 11) is 0. The van der Waals surface area contributed by atoms with Crippen molar-refractivity contribution >= 4 is 11.4 Å². The average molecular weight is 254 g/mol. The number of rotatable bonds is 6. The highest BCUT2D eigenvalue weighted by atomic mass is 19.1. The third-order valence-corrected chi connectivity index (χ3v) is 2.75. The molecule has 1 atom stereocenters. The predicted molar refractivity (Wildman–Crippen MR) is 70.2 cm³/mol. The number of para-hydroxylation sites is 1. The van der Waals surface area contributed by atoms with Crippen molar-refractivity contribution in [2.75, 3.05) is 5.32 Å². The highest BCUT2D eigenvalue weighted by Crippen LogP contribution is 2.28. The van der Waals surface area contributed by atoms with Crippen LogP contribution in [-0.2, 0) is 0 Å². The molecular weight excluding hydrogens is 235 g/mol. The fourth-order valence-electron chi connectivity index (χ4n) is 1.74. The maximum absolute atomic E-state index is 13.4. The Bertz CT molecular complexity index is 421. The number of hydrogen-bond acceptors (Lipinski definition) is 3. The first-order valence-corrected chi connectivity index (χ1v) is 6.11. The van der Waals surface area contributed by atoms with Crippen molar-refractivity contribution in [1.29, 1.82) is 0 Å². The van der Waals surface area contributed by atoms with Gasteiger partial charge in [0.2, 0.25) is 5.82 Å². The molecule has 0 heterocycles. The Balaban J connectivity index is 2.78. The lowest BCUT2D eigenvalue weighted by Crippen LogP contribution is -2.17. The van der Waals surface area contributed by atoms with Gasteiger partial charge < -0.3 is 5.32 Å². The largest absolute Gasteiger partial charge is 0.377 e. The monoisotopic (exact) mass is 254 g/mol. The number of benzene rings is 1. The lowest BCUT2D eigenvalue weighted by atomic mass is 10.0. The average Bonchev–Trinajstić information content (AvgIpc) is 2.26. The third-order valence-electron chi connectivity index (χ3n) is 2.75. The molecule has 1 aromatic rings. The van der Waals surface area contributed by atoms with Gasteiger partial charge in [-0.05, 0) is 37.8 Å². The molecule has 0 aliphatic rings. The number of anilines is 1. The number of nitro benzene ring substituents is 1. The molecule has 1 rings (SSSR count). The SMILES string of the molecule is CC(C)CCC(C)Nc1cccc(F)c1[N+](=O)[O-]. The molecule has 0 aliphatic heterocycles. The highest BCUT2D eigenvalue weighted by molar-refractivity contribution is 5.62. The zero-order valence-corrected chi connectivity index (χ0v) is 10.9. The van der Waals surface area contributed by atoms with Gasteiger partial charge in [0.25, 0.3) is 0 Å². The summed E-state index contributed by atoms with van der Waals surface area (Å²) in [5.74, 6) is -0.224. The van der Waals surface area contributed by atoms with Crippen molar-refractivity contribution in [3.05, 3.63) is 34.1 Å². The summed E-state index contributed by atoms with van der Waals surface area (Å²) in [5.41, 5.74) is -0.231. The van der Waals surface area contributed by atoms with Crippen LogP contribution in [0.15, 0.2) is 18.2 Å². The minimum Gasteiger partial charge on any atom is -0.377 e. The second-order valence-corrected chi connectivity index (χ2v) is 4.91. The van der Waals surface area contributed by atoms with Gasteiger partial charge in [-0.15, -0.1) is 0 Å². The van der Waals surface area contributed by atoms with Gasteiger partial charge in [0.15, 0.2) is 0 Å². The molecule has 1 N–H and O–H groups in total. The van der Waals surface area contributed by atoms with Crippen LogP contribution in [0.25, 0.3) is 0 Å². The van der Waals surface area contributed by atoms with Crippen molar-refractivity contribution in [3.8, 4) is 0 Å². The Hall–Kier alpha value is -1.65. The van der Waals surface area contributed by atoms with E-state index in [1.807, 2.05) is 6.92 Å². The Morgan fingerprint density at radius 3 is 2.56 bits per heavy atom. The smallest absolute Gasteiger partial charge is 0.327 e. The molecule has 0 amide bonds. The van der Waals surface area contributed by atoms with E-state index in [0.29, 0.717) is 5.92 Å². The molecule has 1 unspecified atom stereocenters. The highest BCUT2D eigenvalue weighted by Gasteiger charge is 2.20. The van der Waals surface area contributed by atoms with Gasteiger partial charge in [-0.1, -0.05) is 19.9 Å². The van der Waals surface area contributed by atoms with Crippen LogP contribution in [0.2, 0.25) is 0 Å². The molecule has 5 heteroatoms. The number of nitrogens with zero attached hydrogens (tertiary/aromatic N) is 1. The summed E-state index contributed by atoms with van der Waals surface area (Å²) in [4.78, 5) is 10.1. The summed E-state index contributed by atoms with van der Waals surface area (Å²) in [5, 5.41) is 13.8. The summed E-state index contributed by atoms with van der Waals surface area (Å²) >= 11 is 0. The number of nitro groups is 1. The fourth-order valence-corrected chi connectivity index (χ4v) is 1.74. The molecule has 0 aliphatic carbocycles. The van der Waals surface area contributed by atoms with Crippen molar-refractivity contribution < 1.29 is 9.31 Å². The number of nitrogens with one attached hydrogen (secondary N) is 1. The zero-order chi connectivity index (χ0) is 13.7. The Kier molecular flexibility index (Phi) is 5.07. The van der Waals surface area contributed by atoms with Crippen LogP contribution < -0.4 is 5.32 Å². The quantitative estimate of drug-likeness (QED) is 0.617. The predicted octanol–water partition coefficient (Wildman–Crippen LogP) is 3.97. The van der Waals surface area contributed by atoms with Crippen LogP contribution in [0, 0.1) is 21.8 Å². The standard InChI is InChI=1S/C13H19FN2O2/c1-9(2)7-8-10(3)15-12-6-4-5-11(14)13(12)16(17)18/h4-6,9-10,15H,7-8H2,1-3H3. The van der Waals surface area contributed by atoms with Gasteiger partial charge in [0.05, 0.1) is 4.92 Å². The van der Waals surface area contributed by atoms with E-state index in [1.54, 1.807) is 0 Å². The first kappa shape index (κ1) is 14.4. The Morgan fingerprint density at radius 1 is 1.33 bits per heavy atom. The van der Waals surface area contributed by atoms with Gasteiger partial charge in [0, 0.05) is 6.04 Å². The van der Waals surface area contributed by atoms with Crippen LogP contribution in [0.4, 0.5) is 15.8 Å². The van der Waals surface area contributed by atoms with E-state index in [-0.39, 0.29) is 11.7 Å². The van der Waals surface area contributed by atoms with Crippen molar-refractivity contribution in [2.45, 2.75) is 39.7 Å². The topological polar surface area (TPSA) is 55.2 Å². The number of hydrogen-bond donors (Lipinski definition) is 1. The molecule has 0 fully saturated rings. The van der Waals surface area contributed by atoms with Crippen molar-refractivity contribution in [2.24, 2.45) is 5.92 Å². The molecule has 0 radical (unpaired) electrons. The van der Waals surface area contributed by atoms with Crippen LogP contribution in [0.5, 0.6) is 0 Å². The molecular formula is C13H19FN2O2. The third kappa shape index (κ3) is 3.98. The summed E-state index contributed by atoms with van der Waals surface area (Å²) in [6.45, 7) is 6.19. The molecule has 100 valence electrons. The fraction of sp³-hybridized carbons (Fsp3) is 0.538. The van der Waals surface area contributed by atoms with E-state index in [1.165, 1.54) is 12.1 Å². The maximum Gasteiger partial charge on any atom is 0.327 e. The summed E-state index contributed by atoms with van der Waals surface area (Å²) < 4.78 is 13.4. The van der Waals surface area contributed by atoms with Crippen LogP contribution in [0.1, 0.15) is 33.6 Å². The van der Waals surface area contributed by atoms with E-state index >= 15 is 0 Å². The maximum atomic E-state index is 13.4. The Morgan fingerprint density at radius 2 is 2.00 bits per heavy atom. The van der Waals surface area contributed by atoms with Gasteiger partial charge in [-0.25, -0.2) is 0 Å². The molecule has 4 nitrogen and oxygen atoms in total. The van der Waals surface area contributed by atoms with Gasteiger partial charge in [0.1, 0.15) is 5.69 Å². The molecule has 0 bridgehead atoms. The second kappa shape index (κ2) is 6.33. The first-order chi connectivity index (χ1) is 8.41. The van der Waals surface area contributed by atoms with Gasteiger partial charge >= 0.3 is 5.69 Å². The first-order valence-electron chi connectivity index (χ1n) is 6.11. The lowest BCUT2D eigenvalue weighted by molar-refractivity contribution is -0.386. The van der Waals surface area contributed by atoms with Crippen LogP contribution >= 0.6 is 0 Å². The molecule has 18 heavy (non-hydrogen) atoms. The van der Waals surface area contributed by atoms with E-state index in [4.69, 9.17) is 0 Å². The molecule has 0 aromatic heterocycles. The summed E-state index contributed by atoms with van der Waals surface area (Å²) in [6.07, 6.45) is 1.92. The lowest BCUT2D eigenvalue weighted by Gasteiger charge is -2.16. The van der Waals surface area contributed by atoms with E-state index in [0.717, 1.165) is 18.9 Å².